The van der Waals surface area contributed by atoms with Gasteiger partial charge in [0.15, 0.2) is 11.6 Å². The molecule has 3 aromatic rings. The van der Waals surface area contributed by atoms with Crippen molar-refractivity contribution in [2.24, 2.45) is 4.99 Å². The Kier molecular flexibility index (Phi) is 8.77. The molecular formula is C25H28Cl2N8O3. The van der Waals surface area contributed by atoms with E-state index in [1.54, 1.807) is 36.1 Å². The van der Waals surface area contributed by atoms with E-state index in [2.05, 4.69) is 20.2 Å². The number of amides is 1. The van der Waals surface area contributed by atoms with Crippen LogP contribution in [0.15, 0.2) is 47.5 Å². The minimum atomic E-state index is -1.15. The van der Waals surface area contributed by atoms with E-state index in [0.717, 1.165) is 13.1 Å². The first-order chi connectivity index (χ1) is 18.2. The summed E-state index contributed by atoms with van der Waals surface area (Å²) in [4.78, 5) is 30.1. The van der Waals surface area contributed by atoms with Crippen LogP contribution in [0.4, 0.5) is 28.8 Å². The van der Waals surface area contributed by atoms with Crippen LogP contribution >= 0.6 is 23.2 Å². The molecule has 1 atom stereocenters. The monoisotopic (exact) mass is 558 g/mol. The molecule has 13 heteroatoms. The van der Waals surface area contributed by atoms with E-state index in [-0.39, 0.29) is 17.4 Å². The van der Waals surface area contributed by atoms with Crippen LogP contribution in [0.1, 0.15) is 13.8 Å². The molecule has 5 N–H and O–H groups in total. The van der Waals surface area contributed by atoms with E-state index in [1.807, 2.05) is 13.0 Å². The molecule has 1 aliphatic rings. The first-order valence-electron chi connectivity index (χ1n) is 11.9. The van der Waals surface area contributed by atoms with Gasteiger partial charge in [-0.05, 0) is 49.9 Å². The largest absolute Gasteiger partial charge is 0.595 e. The number of rotatable bonds is 8. The number of hydrogen-bond acceptors (Lipinski definition) is 9. The minimum Gasteiger partial charge on any atom is -0.595 e. The van der Waals surface area contributed by atoms with Gasteiger partial charge in [-0.2, -0.15) is 5.23 Å². The molecule has 0 aliphatic carbocycles. The number of benzene rings is 1. The second-order valence-corrected chi connectivity index (χ2v) is 9.55. The van der Waals surface area contributed by atoms with Crippen LogP contribution in [-0.4, -0.2) is 64.4 Å². The summed E-state index contributed by atoms with van der Waals surface area (Å²) in [7, 11) is 0. The van der Waals surface area contributed by atoms with Gasteiger partial charge >= 0.3 is 0 Å². The van der Waals surface area contributed by atoms with Crippen LogP contribution < -0.4 is 21.2 Å². The van der Waals surface area contributed by atoms with Gasteiger partial charge in [-0.15, -0.1) is 0 Å². The van der Waals surface area contributed by atoms with Crippen molar-refractivity contribution in [1.82, 2.24) is 14.9 Å². The van der Waals surface area contributed by atoms with Crippen molar-refractivity contribution in [1.29, 1.82) is 0 Å². The molecule has 0 bridgehead atoms. The van der Waals surface area contributed by atoms with Crippen LogP contribution in [0, 0.1) is 5.21 Å². The highest BCUT2D eigenvalue weighted by Crippen LogP contribution is 2.37. The first-order valence-corrected chi connectivity index (χ1v) is 12.7. The number of carbonyl (C=O) groups excluding carboxylic acids is 1. The van der Waals surface area contributed by atoms with E-state index < -0.39 is 5.23 Å². The Hall–Kier alpha value is -3.32. The van der Waals surface area contributed by atoms with Crippen LogP contribution in [0.5, 0.6) is 0 Å². The van der Waals surface area contributed by atoms with Crippen LogP contribution in [-0.2, 0) is 4.79 Å². The molecule has 2 aromatic heterocycles. The number of nitrogens with zero attached hydrogens (tertiary/aromatic N) is 5. The van der Waals surface area contributed by atoms with Crippen molar-refractivity contribution >= 4 is 63.6 Å². The average Bonchev–Trinajstić information content (AvgIpc) is 2.87. The summed E-state index contributed by atoms with van der Waals surface area (Å²) in [5, 5.41) is 23.3. The molecule has 4 rings (SSSR count). The molecule has 1 fully saturated rings. The van der Waals surface area contributed by atoms with Gasteiger partial charge in [0.05, 0.1) is 29.5 Å². The fraction of sp³-hybridized carbons (Fsp3) is 0.280. The number of quaternary nitrogens is 1. The summed E-state index contributed by atoms with van der Waals surface area (Å²) < 4.78 is 0. The molecule has 0 radical (unpaired) electrons. The number of piperazine rings is 1. The highest BCUT2D eigenvalue weighted by atomic mass is 35.5. The SMILES string of the molecule is CCN1CCN(c2ccc(NC/C(C)=N/c3ccc([NH+]([O-])O)c(N)n3)nc2-c2ccc(Cl)cc2Cl)C(=O)C1. The first kappa shape index (κ1) is 27.7. The van der Waals surface area contributed by atoms with Crippen molar-refractivity contribution in [3.63, 3.8) is 0 Å². The zero-order valence-corrected chi connectivity index (χ0v) is 22.4. The number of halogens is 2. The number of likely N-dealkylation sites (N-methyl/N-ethyl adjacent to an activating group) is 1. The molecule has 3 heterocycles. The maximum Gasteiger partial charge on any atom is 0.241 e. The number of aromatic nitrogens is 2. The topological polar surface area (TPSA) is 147 Å². The highest BCUT2D eigenvalue weighted by molar-refractivity contribution is 6.36. The lowest BCUT2D eigenvalue weighted by Gasteiger charge is -2.34. The zero-order chi connectivity index (χ0) is 27.4. The second-order valence-electron chi connectivity index (χ2n) is 8.71. The lowest BCUT2D eigenvalue weighted by atomic mass is 10.1. The third-order valence-corrected chi connectivity index (χ3v) is 6.62. The highest BCUT2D eigenvalue weighted by Gasteiger charge is 2.27. The molecular weight excluding hydrogens is 531 g/mol. The molecule has 1 aromatic carbocycles. The fourth-order valence-electron chi connectivity index (χ4n) is 4.06. The smallest absolute Gasteiger partial charge is 0.241 e. The number of nitrogens with two attached hydrogens (primary N) is 1. The van der Waals surface area contributed by atoms with Crippen molar-refractivity contribution in [2.75, 3.05) is 48.7 Å². The number of nitrogens with one attached hydrogen (secondary N) is 2. The fourth-order valence-corrected chi connectivity index (χ4v) is 4.55. The summed E-state index contributed by atoms with van der Waals surface area (Å²) in [5.41, 5.74) is 8.20. The minimum absolute atomic E-state index is 0.00406. The van der Waals surface area contributed by atoms with Gasteiger partial charge in [0, 0.05) is 35.5 Å². The van der Waals surface area contributed by atoms with Gasteiger partial charge in [0.1, 0.15) is 5.82 Å². The van der Waals surface area contributed by atoms with Gasteiger partial charge in [0.2, 0.25) is 11.6 Å². The number of pyridine rings is 2. The lowest BCUT2D eigenvalue weighted by Crippen LogP contribution is -2.99. The van der Waals surface area contributed by atoms with E-state index >= 15 is 0 Å². The summed E-state index contributed by atoms with van der Waals surface area (Å²) >= 11 is 12.7. The molecule has 1 saturated heterocycles. The van der Waals surface area contributed by atoms with Gasteiger partial charge in [-0.1, -0.05) is 30.1 Å². The van der Waals surface area contributed by atoms with Crippen molar-refractivity contribution < 1.29 is 15.2 Å². The molecule has 1 amide bonds. The maximum atomic E-state index is 13.0. The predicted octanol–water partition coefficient (Wildman–Crippen LogP) is 3.31. The maximum absolute atomic E-state index is 13.0. The van der Waals surface area contributed by atoms with Gasteiger partial charge in [-0.25, -0.2) is 20.2 Å². The van der Waals surface area contributed by atoms with Gasteiger partial charge in [0.25, 0.3) is 0 Å². The third-order valence-electron chi connectivity index (χ3n) is 6.07. The number of carbonyl (C=O) groups is 1. The van der Waals surface area contributed by atoms with E-state index in [4.69, 9.17) is 39.1 Å². The van der Waals surface area contributed by atoms with Crippen LogP contribution in [0.25, 0.3) is 11.3 Å². The second kappa shape index (κ2) is 12.0. The quantitative estimate of drug-likeness (QED) is 0.243. The molecule has 11 nitrogen and oxygen atoms in total. The standard InChI is InChI=1S/C25H28Cl2N8O3/c1-3-33-10-11-34(23(36)14-33)19-6-8-21(31-24(19)17-5-4-16(26)12-18(17)27)29-13-15(2)30-22-9-7-20(35(37)38)25(28)32-22/h4-9,12,35,37H,3,10-11,13-14H2,1-2H3,(H2,28,32)(H,29,31)/b30-15+. The van der Waals surface area contributed by atoms with Gasteiger partial charge < -0.3 is 21.2 Å². The summed E-state index contributed by atoms with van der Waals surface area (Å²) in [6.07, 6.45) is 0. The summed E-state index contributed by atoms with van der Waals surface area (Å²) in [6.45, 7) is 6.61. The third kappa shape index (κ3) is 6.38. The number of nitrogen functional groups attached to an aromatic ring is 1. The van der Waals surface area contributed by atoms with Crippen molar-refractivity contribution in [3.8, 4) is 11.3 Å². The number of aliphatic imine (C=N–C) groups is 1. The van der Waals surface area contributed by atoms with E-state index in [9.17, 15) is 10.0 Å². The number of hydrogen-bond donors (Lipinski definition) is 4. The van der Waals surface area contributed by atoms with Crippen molar-refractivity contribution in [3.05, 3.63) is 57.7 Å². The molecule has 0 spiro atoms. The zero-order valence-electron chi connectivity index (χ0n) is 20.9. The van der Waals surface area contributed by atoms with Crippen LogP contribution in [0.3, 0.4) is 0 Å². The lowest BCUT2D eigenvalue weighted by molar-refractivity contribution is -0.990. The normalized spacial score (nSPS) is 15.6. The Labute approximate surface area is 230 Å². The van der Waals surface area contributed by atoms with E-state index in [1.165, 1.54) is 12.1 Å². The molecule has 1 unspecified atom stereocenters. The Morgan fingerprint density at radius 1 is 1.21 bits per heavy atom. The summed E-state index contributed by atoms with van der Waals surface area (Å²) in [5.74, 6) is 0.748. The Morgan fingerprint density at radius 3 is 2.66 bits per heavy atom. The van der Waals surface area contributed by atoms with E-state index in [0.29, 0.717) is 64.0 Å². The Balaban J connectivity index is 1.60. The molecule has 0 saturated carbocycles. The Bertz CT molecular complexity index is 1370. The predicted molar refractivity (Wildman–Crippen MR) is 150 cm³/mol. The Morgan fingerprint density at radius 2 is 2.00 bits per heavy atom. The molecule has 1 aliphatic heterocycles. The summed E-state index contributed by atoms with van der Waals surface area (Å²) in [6, 6.07) is 11.7. The average molecular weight is 559 g/mol. The van der Waals surface area contributed by atoms with Crippen LogP contribution in [0.2, 0.25) is 10.0 Å². The van der Waals surface area contributed by atoms with Crippen molar-refractivity contribution in [2.45, 2.75) is 13.8 Å². The van der Waals surface area contributed by atoms with Gasteiger partial charge in [-0.3, -0.25) is 9.69 Å². The molecule has 200 valence electrons. The molecule has 38 heavy (non-hydrogen) atoms. The number of anilines is 3.